The van der Waals surface area contributed by atoms with Crippen LogP contribution in [0.1, 0.15) is 89.0 Å². The van der Waals surface area contributed by atoms with E-state index < -0.39 is 5.41 Å². The van der Waals surface area contributed by atoms with Gasteiger partial charge in [0, 0.05) is 5.56 Å². The van der Waals surface area contributed by atoms with E-state index in [0.717, 1.165) is 37.0 Å². The Hall–Kier alpha value is -2.08. The average Bonchev–Trinajstić information content (AvgIpc) is 3.43. The first-order valence-corrected chi connectivity index (χ1v) is 11.5. The van der Waals surface area contributed by atoms with Crippen molar-refractivity contribution in [3.8, 4) is 17.1 Å². The smallest absolute Gasteiger partial charge is 0.240 e. The Bertz CT molecular complexity index is 833. The third kappa shape index (κ3) is 6.45. The summed E-state index contributed by atoms with van der Waals surface area (Å²) in [6.45, 7) is 2.26. The highest BCUT2D eigenvalue weighted by molar-refractivity contribution is 5.91. The van der Waals surface area contributed by atoms with E-state index in [1.54, 1.807) is 7.11 Å². The number of benzene rings is 1. The van der Waals surface area contributed by atoms with Crippen molar-refractivity contribution in [1.82, 2.24) is 10.1 Å². The molecular weight excluding hydrogens is 412 g/mol. The number of hydrogen-bond acceptors (Lipinski definition) is 5. The zero-order valence-electron chi connectivity index (χ0n) is 18.9. The Morgan fingerprint density at radius 3 is 2.32 bits per heavy atom. The highest BCUT2D eigenvalue weighted by Gasteiger charge is 2.52. The number of amidine groups is 1. The van der Waals surface area contributed by atoms with Crippen molar-refractivity contribution in [2.24, 2.45) is 5.73 Å². The SMILES string of the molecule is CCCCCCCCCCCc1cc(-c2noc(C3(C(=N)N)CC3)n2)ccc1OC.Cl. The number of nitrogens with zero attached hydrogens (tertiary/aromatic N) is 2. The van der Waals surface area contributed by atoms with Crippen molar-refractivity contribution in [2.45, 2.75) is 89.4 Å². The molecule has 3 N–H and O–H groups in total. The average molecular weight is 449 g/mol. The maximum absolute atomic E-state index is 7.80. The summed E-state index contributed by atoms with van der Waals surface area (Å²) in [6.07, 6.45) is 14.4. The summed E-state index contributed by atoms with van der Waals surface area (Å²) in [6, 6.07) is 6.04. The van der Waals surface area contributed by atoms with Crippen LogP contribution in [0.2, 0.25) is 0 Å². The summed E-state index contributed by atoms with van der Waals surface area (Å²) >= 11 is 0. The van der Waals surface area contributed by atoms with Gasteiger partial charge in [0.15, 0.2) is 0 Å². The molecule has 0 radical (unpaired) electrons. The number of unbranched alkanes of at least 4 members (excludes halogenated alkanes) is 8. The van der Waals surface area contributed by atoms with E-state index in [-0.39, 0.29) is 18.2 Å². The van der Waals surface area contributed by atoms with E-state index in [0.29, 0.717) is 11.7 Å². The predicted molar refractivity (Wildman–Crippen MR) is 127 cm³/mol. The first-order valence-electron chi connectivity index (χ1n) is 11.5. The van der Waals surface area contributed by atoms with Crippen LogP contribution in [0.15, 0.2) is 22.7 Å². The lowest BCUT2D eigenvalue weighted by molar-refractivity contribution is 0.367. The Morgan fingerprint density at radius 2 is 1.74 bits per heavy atom. The summed E-state index contributed by atoms with van der Waals surface area (Å²) < 4.78 is 11.0. The lowest BCUT2D eigenvalue weighted by atomic mass is 10.0. The van der Waals surface area contributed by atoms with Crippen LogP contribution < -0.4 is 10.5 Å². The van der Waals surface area contributed by atoms with Gasteiger partial charge in [-0.1, -0.05) is 63.4 Å². The van der Waals surface area contributed by atoms with Crippen LogP contribution in [0.25, 0.3) is 11.4 Å². The molecule has 31 heavy (non-hydrogen) atoms. The molecule has 0 aliphatic heterocycles. The predicted octanol–water partition coefficient (Wildman–Crippen LogP) is 6.21. The number of aromatic nitrogens is 2. The van der Waals surface area contributed by atoms with Crippen LogP contribution in [-0.4, -0.2) is 23.1 Å². The van der Waals surface area contributed by atoms with Crippen molar-refractivity contribution in [2.75, 3.05) is 7.11 Å². The van der Waals surface area contributed by atoms with Crippen LogP contribution >= 0.6 is 12.4 Å². The summed E-state index contributed by atoms with van der Waals surface area (Å²) in [7, 11) is 1.71. The van der Waals surface area contributed by atoms with Gasteiger partial charge in [0.25, 0.3) is 0 Å². The second-order valence-electron chi connectivity index (χ2n) is 8.52. The number of aryl methyl sites for hydroxylation is 1. The van der Waals surface area contributed by atoms with E-state index in [1.165, 1.54) is 56.9 Å². The molecule has 1 aromatic carbocycles. The van der Waals surface area contributed by atoms with Gasteiger partial charge in [-0.2, -0.15) is 4.98 Å². The molecule has 1 heterocycles. The van der Waals surface area contributed by atoms with Crippen LogP contribution in [-0.2, 0) is 11.8 Å². The number of hydrogen-bond donors (Lipinski definition) is 2. The molecule has 0 atom stereocenters. The first-order chi connectivity index (χ1) is 14.6. The van der Waals surface area contributed by atoms with E-state index >= 15 is 0 Å². The van der Waals surface area contributed by atoms with Gasteiger partial charge < -0.3 is 15.0 Å². The molecule has 1 aromatic heterocycles. The van der Waals surface area contributed by atoms with Gasteiger partial charge in [0.2, 0.25) is 11.7 Å². The number of methoxy groups -OCH3 is 1. The minimum atomic E-state index is -0.531. The van der Waals surface area contributed by atoms with Gasteiger partial charge in [-0.15, -0.1) is 12.4 Å². The normalized spacial score (nSPS) is 14.1. The molecule has 0 spiro atoms. The second kappa shape index (κ2) is 12.1. The van der Waals surface area contributed by atoms with Crippen molar-refractivity contribution in [3.63, 3.8) is 0 Å². The molecule has 0 amide bonds. The van der Waals surface area contributed by atoms with Crippen molar-refractivity contribution in [1.29, 1.82) is 5.41 Å². The van der Waals surface area contributed by atoms with Gasteiger partial charge >= 0.3 is 0 Å². The fourth-order valence-corrected chi connectivity index (χ4v) is 4.00. The van der Waals surface area contributed by atoms with Gasteiger partial charge in [-0.05, 0) is 49.4 Å². The lowest BCUT2D eigenvalue weighted by Crippen LogP contribution is -2.27. The van der Waals surface area contributed by atoms with Gasteiger partial charge in [0.05, 0.1) is 7.11 Å². The Morgan fingerprint density at radius 1 is 1.10 bits per heavy atom. The van der Waals surface area contributed by atoms with Gasteiger partial charge in [-0.3, -0.25) is 5.41 Å². The molecule has 1 aliphatic carbocycles. The number of rotatable bonds is 14. The summed E-state index contributed by atoms with van der Waals surface area (Å²) in [4.78, 5) is 4.54. The van der Waals surface area contributed by atoms with Crippen LogP contribution in [0.4, 0.5) is 0 Å². The summed E-state index contributed by atoms with van der Waals surface area (Å²) in [5.74, 6) is 2.03. The Kier molecular flexibility index (Phi) is 9.82. The molecular formula is C24H37ClN4O2. The van der Waals surface area contributed by atoms with Crippen molar-refractivity contribution in [3.05, 3.63) is 29.7 Å². The number of ether oxygens (including phenoxy) is 1. The van der Waals surface area contributed by atoms with E-state index in [4.69, 9.17) is 20.4 Å². The molecule has 1 aliphatic rings. The fourth-order valence-electron chi connectivity index (χ4n) is 4.00. The first kappa shape index (κ1) is 25.2. The van der Waals surface area contributed by atoms with E-state index in [9.17, 15) is 0 Å². The summed E-state index contributed by atoms with van der Waals surface area (Å²) in [5, 5.41) is 11.9. The van der Waals surface area contributed by atoms with Crippen molar-refractivity contribution < 1.29 is 9.26 Å². The monoisotopic (exact) mass is 448 g/mol. The fraction of sp³-hybridized carbons (Fsp3) is 0.625. The highest BCUT2D eigenvalue weighted by Crippen LogP contribution is 2.47. The Balaban J connectivity index is 0.00000341. The Labute approximate surface area is 192 Å². The molecule has 0 saturated heterocycles. The van der Waals surface area contributed by atoms with Crippen LogP contribution in [0.3, 0.4) is 0 Å². The maximum Gasteiger partial charge on any atom is 0.240 e. The third-order valence-corrected chi connectivity index (χ3v) is 6.19. The third-order valence-electron chi connectivity index (χ3n) is 6.19. The molecule has 1 fully saturated rings. The molecule has 7 heteroatoms. The minimum Gasteiger partial charge on any atom is -0.496 e. The molecule has 2 aromatic rings. The number of nitrogens with two attached hydrogens (primary N) is 1. The molecule has 6 nitrogen and oxygen atoms in total. The van der Waals surface area contributed by atoms with Crippen molar-refractivity contribution >= 4 is 18.2 Å². The summed E-state index contributed by atoms with van der Waals surface area (Å²) in [5.41, 5.74) is 7.29. The molecule has 0 bridgehead atoms. The number of nitrogens with one attached hydrogen (secondary N) is 1. The largest absolute Gasteiger partial charge is 0.496 e. The van der Waals surface area contributed by atoms with Crippen LogP contribution in [0.5, 0.6) is 5.75 Å². The molecule has 0 unspecified atom stereocenters. The van der Waals surface area contributed by atoms with E-state index in [2.05, 4.69) is 23.1 Å². The zero-order valence-corrected chi connectivity index (χ0v) is 19.7. The lowest BCUT2D eigenvalue weighted by Gasteiger charge is -2.10. The molecule has 172 valence electrons. The molecule has 1 saturated carbocycles. The number of halogens is 1. The van der Waals surface area contributed by atoms with Gasteiger partial charge in [0.1, 0.15) is 17.0 Å². The van der Waals surface area contributed by atoms with E-state index in [1.807, 2.05) is 12.1 Å². The highest BCUT2D eigenvalue weighted by atomic mass is 35.5. The standard InChI is InChI=1S/C24H36N4O2.ClH/c1-3-4-5-6-7-8-9-10-11-12-18-17-19(13-14-20(18)29-2)21-27-23(30-28-21)24(15-16-24)22(25)26;/h13-14,17H,3-12,15-16H2,1-2H3,(H3,25,26);1H. The van der Waals surface area contributed by atoms with Crippen LogP contribution in [0, 0.1) is 5.41 Å². The quantitative estimate of drug-likeness (QED) is 0.203. The minimum absolute atomic E-state index is 0. The maximum atomic E-state index is 7.80. The second-order valence-corrected chi connectivity index (χ2v) is 8.52. The topological polar surface area (TPSA) is 98.0 Å². The van der Waals surface area contributed by atoms with Gasteiger partial charge in [-0.25, -0.2) is 0 Å². The molecule has 3 rings (SSSR count). The zero-order chi connectivity index (χ0) is 21.4.